The smallest absolute Gasteiger partial charge is 0.113 e. The first-order chi connectivity index (χ1) is 9.83. The summed E-state index contributed by atoms with van der Waals surface area (Å²) in [6, 6.07) is 20.4. The van der Waals surface area contributed by atoms with Gasteiger partial charge in [-0.05, 0) is 28.5 Å². The van der Waals surface area contributed by atoms with Gasteiger partial charge in [-0.25, -0.2) is 0 Å². The van der Waals surface area contributed by atoms with Crippen LogP contribution in [0.3, 0.4) is 0 Å². The van der Waals surface area contributed by atoms with Crippen molar-refractivity contribution in [2.24, 2.45) is 0 Å². The van der Waals surface area contributed by atoms with Crippen LogP contribution >= 0.6 is 11.8 Å². The molecule has 0 bridgehead atoms. The summed E-state index contributed by atoms with van der Waals surface area (Å²) in [5.41, 5.74) is 1.97. The third-order valence-corrected chi connectivity index (χ3v) is 4.07. The van der Waals surface area contributed by atoms with E-state index in [-0.39, 0.29) is 0 Å². The Labute approximate surface area is 122 Å². The molecule has 2 nitrogen and oxygen atoms in total. The Balaban J connectivity index is 1.72. The molecule has 3 aromatic rings. The van der Waals surface area contributed by atoms with Crippen molar-refractivity contribution in [1.29, 1.82) is 5.41 Å². The zero-order chi connectivity index (χ0) is 13.8. The molecule has 3 heteroatoms. The quantitative estimate of drug-likeness (QED) is 0.566. The van der Waals surface area contributed by atoms with Gasteiger partial charge in [-0.15, -0.1) is 11.8 Å². The molecule has 20 heavy (non-hydrogen) atoms. The van der Waals surface area contributed by atoms with Gasteiger partial charge in [-0.3, -0.25) is 10.4 Å². The normalized spacial score (nSPS) is 10.6. The van der Waals surface area contributed by atoms with E-state index in [9.17, 15) is 0 Å². The largest absolute Gasteiger partial charge is 0.292 e. The van der Waals surface area contributed by atoms with Crippen molar-refractivity contribution in [3.63, 3.8) is 0 Å². The van der Waals surface area contributed by atoms with E-state index in [4.69, 9.17) is 5.41 Å². The van der Waals surface area contributed by atoms with E-state index < -0.39 is 0 Å². The van der Waals surface area contributed by atoms with E-state index in [0.717, 1.165) is 11.4 Å². The fraction of sp³-hybridized carbons (Fsp3) is 0.0588. The Kier molecular flexibility index (Phi) is 3.79. The molecule has 0 aliphatic rings. The third kappa shape index (κ3) is 2.89. The molecule has 0 fully saturated rings. The van der Waals surface area contributed by atoms with Crippen LogP contribution in [0.2, 0.25) is 0 Å². The highest BCUT2D eigenvalue weighted by molar-refractivity contribution is 8.13. The molecule has 0 unspecified atom stereocenters. The highest BCUT2D eigenvalue weighted by Crippen LogP contribution is 2.21. The van der Waals surface area contributed by atoms with Crippen molar-refractivity contribution in [3.05, 3.63) is 78.1 Å². The van der Waals surface area contributed by atoms with E-state index in [1.807, 2.05) is 24.3 Å². The van der Waals surface area contributed by atoms with Crippen LogP contribution in [-0.4, -0.2) is 10.0 Å². The fourth-order valence-corrected chi connectivity index (χ4v) is 2.81. The number of fused-ring (bicyclic) bond motifs is 1. The summed E-state index contributed by atoms with van der Waals surface area (Å²) < 4.78 is 0. The molecule has 1 heterocycles. The molecule has 0 radical (unpaired) electrons. The lowest BCUT2D eigenvalue weighted by molar-refractivity contribution is 1.29. The first-order valence-electron chi connectivity index (χ1n) is 6.43. The van der Waals surface area contributed by atoms with Gasteiger partial charge in [0, 0.05) is 11.9 Å². The van der Waals surface area contributed by atoms with Gasteiger partial charge < -0.3 is 0 Å². The molecule has 3 rings (SSSR count). The Bertz CT molecular complexity index is 738. The average Bonchev–Trinajstić information content (AvgIpc) is 2.53. The topological polar surface area (TPSA) is 36.7 Å². The number of nitrogens with zero attached hydrogens (tertiary/aromatic N) is 1. The van der Waals surface area contributed by atoms with E-state index in [2.05, 4.69) is 41.4 Å². The molecule has 1 aromatic heterocycles. The summed E-state index contributed by atoms with van der Waals surface area (Å²) in [7, 11) is 0. The van der Waals surface area contributed by atoms with E-state index in [0.29, 0.717) is 5.04 Å². The lowest BCUT2D eigenvalue weighted by Gasteiger charge is -2.05. The molecule has 0 atom stereocenters. The summed E-state index contributed by atoms with van der Waals surface area (Å²) >= 11 is 1.51. The maximum absolute atomic E-state index is 8.04. The Hall–Kier alpha value is -2.13. The lowest BCUT2D eigenvalue weighted by Crippen LogP contribution is -1.97. The van der Waals surface area contributed by atoms with Gasteiger partial charge in [-0.1, -0.05) is 48.5 Å². The third-order valence-electron chi connectivity index (χ3n) is 3.09. The van der Waals surface area contributed by atoms with Gasteiger partial charge in [-0.2, -0.15) is 0 Å². The molecule has 0 spiro atoms. The van der Waals surface area contributed by atoms with Crippen LogP contribution in [0.5, 0.6) is 0 Å². The van der Waals surface area contributed by atoms with E-state index >= 15 is 0 Å². The van der Waals surface area contributed by atoms with Gasteiger partial charge in [0.1, 0.15) is 5.04 Å². The van der Waals surface area contributed by atoms with E-state index in [1.54, 1.807) is 6.20 Å². The second-order valence-electron chi connectivity index (χ2n) is 4.51. The predicted molar refractivity (Wildman–Crippen MR) is 86.3 cm³/mol. The van der Waals surface area contributed by atoms with E-state index in [1.165, 1.54) is 28.1 Å². The van der Waals surface area contributed by atoms with Crippen molar-refractivity contribution >= 4 is 27.6 Å². The standard InChI is InChI=1S/C17H14N2S/c18-17(16-7-3-4-10-19-16)20-12-13-8-9-14-5-1-2-6-15(14)11-13/h1-11,18H,12H2. The van der Waals surface area contributed by atoms with Crippen molar-refractivity contribution in [2.45, 2.75) is 5.75 Å². The van der Waals surface area contributed by atoms with Crippen molar-refractivity contribution in [1.82, 2.24) is 4.98 Å². The Morgan fingerprint density at radius 1 is 0.950 bits per heavy atom. The number of nitrogens with one attached hydrogen (secondary N) is 1. The minimum atomic E-state index is 0.513. The van der Waals surface area contributed by atoms with Crippen LogP contribution in [0.25, 0.3) is 10.8 Å². The molecular formula is C17H14N2S. The molecule has 98 valence electrons. The summed E-state index contributed by atoms with van der Waals surface area (Å²) in [5, 5.41) is 11.1. The Morgan fingerprint density at radius 2 is 1.75 bits per heavy atom. The molecule has 2 aromatic carbocycles. The summed E-state index contributed by atoms with van der Waals surface area (Å²) in [6.45, 7) is 0. The van der Waals surface area contributed by atoms with Gasteiger partial charge in [0.2, 0.25) is 0 Å². The highest BCUT2D eigenvalue weighted by atomic mass is 32.2. The predicted octanol–water partition coefficient (Wildman–Crippen LogP) is 4.49. The number of hydrogen-bond donors (Lipinski definition) is 1. The molecule has 0 amide bonds. The Morgan fingerprint density at radius 3 is 2.55 bits per heavy atom. The molecule has 0 saturated heterocycles. The maximum Gasteiger partial charge on any atom is 0.113 e. The SMILES string of the molecule is N=C(SCc1ccc2ccccc2c1)c1ccccn1. The summed E-state index contributed by atoms with van der Waals surface area (Å²) in [6.07, 6.45) is 1.72. The van der Waals surface area contributed by atoms with Crippen LogP contribution in [0.4, 0.5) is 0 Å². The number of benzene rings is 2. The first-order valence-corrected chi connectivity index (χ1v) is 7.42. The lowest BCUT2D eigenvalue weighted by atomic mass is 10.1. The molecule has 1 N–H and O–H groups in total. The van der Waals surface area contributed by atoms with Gasteiger partial charge in [0.05, 0.1) is 5.69 Å². The number of thioether (sulfide) groups is 1. The fourth-order valence-electron chi connectivity index (χ4n) is 2.06. The zero-order valence-electron chi connectivity index (χ0n) is 10.9. The number of rotatable bonds is 3. The molecule has 0 aliphatic heterocycles. The van der Waals surface area contributed by atoms with Crippen LogP contribution in [0.15, 0.2) is 66.9 Å². The number of pyridine rings is 1. The zero-order valence-corrected chi connectivity index (χ0v) is 11.7. The first kappa shape index (κ1) is 12.9. The number of hydrogen-bond acceptors (Lipinski definition) is 3. The molecule has 0 saturated carbocycles. The average molecular weight is 278 g/mol. The van der Waals surface area contributed by atoms with Gasteiger partial charge in [0.15, 0.2) is 0 Å². The second-order valence-corrected chi connectivity index (χ2v) is 5.50. The van der Waals surface area contributed by atoms with Crippen molar-refractivity contribution < 1.29 is 0 Å². The minimum absolute atomic E-state index is 0.513. The van der Waals surface area contributed by atoms with Crippen molar-refractivity contribution in [3.8, 4) is 0 Å². The van der Waals surface area contributed by atoms with Crippen LogP contribution < -0.4 is 0 Å². The maximum atomic E-state index is 8.04. The highest BCUT2D eigenvalue weighted by Gasteiger charge is 2.04. The molecule has 0 aliphatic carbocycles. The summed E-state index contributed by atoms with van der Waals surface area (Å²) in [5.74, 6) is 0.792. The molecular weight excluding hydrogens is 264 g/mol. The van der Waals surface area contributed by atoms with Gasteiger partial charge >= 0.3 is 0 Å². The summed E-state index contributed by atoms with van der Waals surface area (Å²) in [4.78, 5) is 4.20. The second kappa shape index (κ2) is 5.88. The van der Waals surface area contributed by atoms with Crippen LogP contribution in [-0.2, 0) is 5.75 Å². The monoisotopic (exact) mass is 278 g/mol. The van der Waals surface area contributed by atoms with Crippen LogP contribution in [0, 0.1) is 5.41 Å². The van der Waals surface area contributed by atoms with Crippen molar-refractivity contribution in [2.75, 3.05) is 0 Å². The van der Waals surface area contributed by atoms with Gasteiger partial charge in [0.25, 0.3) is 0 Å². The van der Waals surface area contributed by atoms with Crippen LogP contribution in [0.1, 0.15) is 11.3 Å². The number of aromatic nitrogens is 1. The minimum Gasteiger partial charge on any atom is -0.292 e.